The quantitative estimate of drug-likeness (QED) is 0.369. The fraction of sp³-hybridized carbons (Fsp3) is 0.286. The van der Waals surface area contributed by atoms with Crippen LogP contribution in [-0.2, 0) is 9.53 Å². The zero-order valence-electron chi connectivity index (χ0n) is 14.2. The van der Waals surface area contributed by atoms with Gasteiger partial charge in [0.1, 0.15) is 5.75 Å². The number of hydrogen-bond acceptors (Lipinski definition) is 3. The molecule has 0 aliphatic heterocycles. The summed E-state index contributed by atoms with van der Waals surface area (Å²) < 4.78 is 10.8. The number of rotatable bonds is 9. The molecule has 2 aromatic carbocycles. The summed E-state index contributed by atoms with van der Waals surface area (Å²) in [6, 6.07) is 18.4. The van der Waals surface area contributed by atoms with Gasteiger partial charge in [0.15, 0.2) is 0 Å². The topological polar surface area (TPSA) is 35.5 Å². The van der Waals surface area contributed by atoms with Crippen molar-refractivity contribution in [2.75, 3.05) is 13.2 Å². The third-order valence-electron chi connectivity index (χ3n) is 3.60. The number of ether oxygens (including phenoxy) is 2. The first-order valence-corrected chi connectivity index (χ1v) is 8.28. The highest BCUT2D eigenvalue weighted by molar-refractivity contribution is 5.86. The highest BCUT2D eigenvalue weighted by atomic mass is 16.5. The van der Waals surface area contributed by atoms with E-state index in [0.717, 1.165) is 25.0 Å². The Hall–Kier alpha value is -2.55. The lowest BCUT2D eigenvalue weighted by Crippen LogP contribution is -2.06. The average molecular weight is 324 g/mol. The van der Waals surface area contributed by atoms with Gasteiger partial charge in [-0.25, -0.2) is 4.79 Å². The number of hydrogen-bond donors (Lipinski definition) is 0. The minimum absolute atomic E-state index is 0.315. The largest absolute Gasteiger partial charge is 0.494 e. The first-order valence-electron chi connectivity index (χ1n) is 8.28. The minimum atomic E-state index is -0.315. The highest BCUT2D eigenvalue weighted by Crippen LogP contribution is 2.22. The number of carbonyl (C=O) groups excluding carboxylic acids is 1. The summed E-state index contributed by atoms with van der Waals surface area (Å²) in [5, 5.41) is 0. The van der Waals surface area contributed by atoms with E-state index in [1.54, 1.807) is 6.92 Å². The summed E-state index contributed by atoms with van der Waals surface area (Å²) in [6.07, 6.45) is 2.74. The number of benzene rings is 2. The standard InChI is InChI=1S/C21H24O3/c1-17(2)21(22)24-16-8-4-7-15-23-20-13-11-19(12-14-20)18-9-5-3-6-10-18/h3,5-6,9-14H,1,4,7-8,15-16H2,2H3. The Morgan fingerprint density at radius 1 is 0.875 bits per heavy atom. The molecule has 0 radical (unpaired) electrons. The van der Waals surface area contributed by atoms with Crippen molar-refractivity contribution in [1.29, 1.82) is 0 Å². The molecule has 0 saturated carbocycles. The second-order valence-corrected chi connectivity index (χ2v) is 5.72. The molecule has 0 saturated heterocycles. The smallest absolute Gasteiger partial charge is 0.333 e. The van der Waals surface area contributed by atoms with Crippen molar-refractivity contribution in [3.63, 3.8) is 0 Å². The highest BCUT2D eigenvalue weighted by Gasteiger charge is 2.02. The van der Waals surface area contributed by atoms with E-state index in [4.69, 9.17) is 9.47 Å². The summed E-state index contributed by atoms with van der Waals surface area (Å²) in [5.74, 6) is 0.563. The molecule has 0 fully saturated rings. The van der Waals surface area contributed by atoms with Gasteiger partial charge in [-0.05, 0) is 49.4 Å². The molecular weight excluding hydrogens is 300 g/mol. The summed E-state index contributed by atoms with van der Waals surface area (Å²) in [7, 11) is 0. The molecule has 3 nitrogen and oxygen atoms in total. The fourth-order valence-electron chi connectivity index (χ4n) is 2.23. The van der Waals surface area contributed by atoms with Crippen LogP contribution in [0.1, 0.15) is 26.2 Å². The molecule has 0 aliphatic rings. The molecular formula is C21H24O3. The molecule has 24 heavy (non-hydrogen) atoms. The lowest BCUT2D eigenvalue weighted by molar-refractivity contribution is -0.139. The van der Waals surface area contributed by atoms with Crippen molar-refractivity contribution in [3.05, 3.63) is 66.7 Å². The molecule has 0 atom stereocenters. The molecule has 0 amide bonds. The van der Waals surface area contributed by atoms with Gasteiger partial charge < -0.3 is 9.47 Å². The van der Waals surface area contributed by atoms with E-state index in [9.17, 15) is 4.79 Å². The van der Waals surface area contributed by atoms with Crippen molar-refractivity contribution in [2.24, 2.45) is 0 Å². The van der Waals surface area contributed by atoms with Crippen molar-refractivity contribution in [2.45, 2.75) is 26.2 Å². The Balaban J connectivity index is 1.63. The molecule has 3 heteroatoms. The van der Waals surface area contributed by atoms with Crippen molar-refractivity contribution in [3.8, 4) is 16.9 Å². The summed E-state index contributed by atoms with van der Waals surface area (Å²) in [6.45, 7) is 6.31. The summed E-state index contributed by atoms with van der Waals surface area (Å²) >= 11 is 0. The van der Waals surface area contributed by atoms with E-state index in [2.05, 4.69) is 30.8 Å². The number of esters is 1. The van der Waals surface area contributed by atoms with Gasteiger partial charge in [-0.15, -0.1) is 0 Å². The average Bonchev–Trinajstić information content (AvgIpc) is 2.62. The van der Waals surface area contributed by atoms with Crippen molar-refractivity contribution in [1.82, 2.24) is 0 Å². The molecule has 126 valence electrons. The Bertz CT molecular complexity index is 645. The van der Waals surface area contributed by atoms with Gasteiger partial charge in [-0.2, -0.15) is 0 Å². The molecule has 0 unspecified atom stereocenters. The van der Waals surface area contributed by atoms with Crippen LogP contribution in [-0.4, -0.2) is 19.2 Å². The number of carbonyl (C=O) groups is 1. The van der Waals surface area contributed by atoms with Gasteiger partial charge in [-0.3, -0.25) is 0 Å². The Morgan fingerprint density at radius 3 is 2.17 bits per heavy atom. The minimum Gasteiger partial charge on any atom is -0.494 e. The van der Waals surface area contributed by atoms with Crippen LogP contribution in [0.2, 0.25) is 0 Å². The van der Waals surface area contributed by atoms with Gasteiger partial charge in [0.25, 0.3) is 0 Å². The maximum Gasteiger partial charge on any atom is 0.333 e. The fourth-order valence-corrected chi connectivity index (χ4v) is 2.23. The molecule has 0 N–H and O–H groups in total. The predicted octanol–water partition coefficient (Wildman–Crippen LogP) is 5.02. The molecule has 2 rings (SSSR count). The lowest BCUT2D eigenvalue weighted by Gasteiger charge is -2.08. The van der Waals surface area contributed by atoms with E-state index < -0.39 is 0 Å². The van der Waals surface area contributed by atoms with Crippen LogP contribution in [0.5, 0.6) is 5.75 Å². The van der Waals surface area contributed by atoms with E-state index >= 15 is 0 Å². The number of unbranched alkanes of at least 4 members (excludes halogenated alkanes) is 2. The summed E-state index contributed by atoms with van der Waals surface area (Å²) in [4.78, 5) is 11.2. The molecule has 0 aliphatic carbocycles. The molecule has 0 heterocycles. The van der Waals surface area contributed by atoms with Gasteiger partial charge in [-0.1, -0.05) is 49.0 Å². The van der Waals surface area contributed by atoms with Crippen molar-refractivity contribution < 1.29 is 14.3 Å². The second kappa shape index (κ2) is 9.56. The lowest BCUT2D eigenvalue weighted by atomic mass is 10.1. The Kier molecular flexibility index (Phi) is 7.09. The Labute approximate surface area is 143 Å². The molecule has 0 bridgehead atoms. The van der Waals surface area contributed by atoms with Gasteiger partial charge >= 0.3 is 5.97 Å². The van der Waals surface area contributed by atoms with Crippen LogP contribution in [0.3, 0.4) is 0 Å². The maximum atomic E-state index is 11.2. The van der Waals surface area contributed by atoms with Crippen LogP contribution in [0, 0.1) is 0 Å². The first kappa shape index (κ1) is 17.8. The molecule has 2 aromatic rings. The first-order chi connectivity index (χ1) is 11.7. The van der Waals surface area contributed by atoms with Gasteiger partial charge in [0, 0.05) is 5.57 Å². The van der Waals surface area contributed by atoms with E-state index in [-0.39, 0.29) is 5.97 Å². The van der Waals surface area contributed by atoms with Crippen LogP contribution in [0.15, 0.2) is 66.7 Å². The van der Waals surface area contributed by atoms with Crippen molar-refractivity contribution >= 4 is 5.97 Å². The third kappa shape index (κ3) is 5.92. The zero-order chi connectivity index (χ0) is 17.2. The van der Waals surface area contributed by atoms with E-state index in [1.807, 2.05) is 30.3 Å². The van der Waals surface area contributed by atoms with Gasteiger partial charge in [0.2, 0.25) is 0 Å². The molecule has 0 spiro atoms. The molecule has 0 aromatic heterocycles. The second-order valence-electron chi connectivity index (χ2n) is 5.72. The van der Waals surface area contributed by atoms with Crippen LogP contribution in [0.25, 0.3) is 11.1 Å². The van der Waals surface area contributed by atoms with Gasteiger partial charge in [0.05, 0.1) is 13.2 Å². The summed E-state index contributed by atoms with van der Waals surface area (Å²) in [5.41, 5.74) is 2.83. The predicted molar refractivity (Wildman–Crippen MR) is 97.0 cm³/mol. The normalized spacial score (nSPS) is 10.2. The van der Waals surface area contributed by atoms with E-state index in [1.165, 1.54) is 11.1 Å². The van der Waals surface area contributed by atoms with Crippen LogP contribution < -0.4 is 4.74 Å². The third-order valence-corrected chi connectivity index (χ3v) is 3.60. The van der Waals surface area contributed by atoms with Crippen LogP contribution >= 0.6 is 0 Å². The SMILES string of the molecule is C=C(C)C(=O)OCCCCCOc1ccc(-c2ccccc2)cc1. The van der Waals surface area contributed by atoms with Crippen LogP contribution in [0.4, 0.5) is 0 Å². The van der Waals surface area contributed by atoms with E-state index in [0.29, 0.717) is 18.8 Å². The monoisotopic (exact) mass is 324 g/mol. The Morgan fingerprint density at radius 2 is 1.50 bits per heavy atom. The zero-order valence-corrected chi connectivity index (χ0v) is 14.2. The maximum absolute atomic E-state index is 11.2.